The average molecular weight is 247 g/mol. The monoisotopic (exact) mass is 247 g/mol. The van der Waals surface area contributed by atoms with E-state index in [-0.39, 0.29) is 5.91 Å². The van der Waals surface area contributed by atoms with E-state index in [1.807, 2.05) is 43.3 Å². The maximum atomic E-state index is 11.8. The number of rotatable bonds is 5. The summed E-state index contributed by atoms with van der Waals surface area (Å²) in [7, 11) is 5.78. The number of carbonyl (C=O) groups is 1. The van der Waals surface area contributed by atoms with Crippen LogP contribution < -0.4 is 5.73 Å². The van der Waals surface area contributed by atoms with Gasteiger partial charge >= 0.3 is 0 Å². The molecule has 0 spiro atoms. The molecule has 0 saturated carbocycles. The minimum absolute atomic E-state index is 0.00803. The topological polar surface area (TPSA) is 49.6 Å². The van der Waals surface area contributed by atoms with Crippen LogP contribution in [0.4, 0.5) is 5.69 Å². The van der Waals surface area contributed by atoms with Gasteiger partial charge in [-0.05, 0) is 37.9 Å². The summed E-state index contributed by atoms with van der Waals surface area (Å²) in [6.07, 6.45) is 3.38. The fourth-order valence-electron chi connectivity index (χ4n) is 1.36. The van der Waals surface area contributed by atoms with Gasteiger partial charge in [-0.1, -0.05) is 12.1 Å². The maximum Gasteiger partial charge on any atom is 0.246 e. The van der Waals surface area contributed by atoms with Gasteiger partial charge < -0.3 is 15.5 Å². The first-order chi connectivity index (χ1) is 8.49. The summed E-state index contributed by atoms with van der Waals surface area (Å²) in [5, 5.41) is 0. The van der Waals surface area contributed by atoms with E-state index in [1.54, 1.807) is 24.1 Å². The molecule has 4 heteroatoms. The number of likely N-dealkylation sites (N-methyl/N-ethyl adjacent to an activating group) is 2. The molecular weight excluding hydrogens is 226 g/mol. The van der Waals surface area contributed by atoms with Crippen LogP contribution in [0.25, 0.3) is 6.08 Å². The molecular formula is C14H21N3O. The molecule has 0 atom stereocenters. The highest BCUT2D eigenvalue weighted by Crippen LogP contribution is 2.07. The van der Waals surface area contributed by atoms with Crippen LogP contribution in [0.1, 0.15) is 5.56 Å². The Bertz CT molecular complexity index is 410. The Labute approximate surface area is 109 Å². The lowest BCUT2D eigenvalue weighted by Gasteiger charge is -2.17. The first-order valence-corrected chi connectivity index (χ1v) is 5.92. The number of nitrogens with zero attached hydrogens (tertiary/aromatic N) is 2. The lowest BCUT2D eigenvalue weighted by molar-refractivity contribution is -0.124. The molecule has 0 unspecified atom stereocenters. The molecule has 0 bridgehead atoms. The third-order valence-electron chi connectivity index (χ3n) is 2.61. The van der Waals surface area contributed by atoms with E-state index >= 15 is 0 Å². The molecule has 1 rings (SSSR count). The molecule has 0 aliphatic heterocycles. The number of hydrogen-bond acceptors (Lipinski definition) is 3. The number of benzene rings is 1. The summed E-state index contributed by atoms with van der Waals surface area (Å²) >= 11 is 0. The van der Waals surface area contributed by atoms with Crippen molar-refractivity contribution in [3.63, 3.8) is 0 Å². The zero-order valence-corrected chi connectivity index (χ0v) is 11.3. The highest BCUT2D eigenvalue weighted by Gasteiger charge is 2.04. The van der Waals surface area contributed by atoms with Crippen molar-refractivity contribution in [1.82, 2.24) is 9.80 Å². The molecule has 18 heavy (non-hydrogen) atoms. The third-order valence-corrected chi connectivity index (χ3v) is 2.61. The third kappa shape index (κ3) is 5.01. The molecule has 98 valence electrons. The molecule has 4 nitrogen and oxygen atoms in total. The van der Waals surface area contributed by atoms with E-state index in [0.29, 0.717) is 0 Å². The van der Waals surface area contributed by atoms with Gasteiger partial charge in [0, 0.05) is 31.9 Å². The molecule has 0 saturated heterocycles. The zero-order chi connectivity index (χ0) is 13.5. The van der Waals surface area contributed by atoms with E-state index < -0.39 is 0 Å². The normalized spacial score (nSPS) is 11.1. The minimum atomic E-state index is 0.00803. The molecule has 2 N–H and O–H groups in total. The van der Waals surface area contributed by atoms with Gasteiger partial charge in [-0.25, -0.2) is 0 Å². The summed E-state index contributed by atoms with van der Waals surface area (Å²) in [5.74, 6) is 0.00803. The second-order valence-corrected chi connectivity index (χ2v) is 4.56. The van der Waals surface area contributed by atoms with Crippen LogP contribution in [0.2, 0.25) is 0 Å². The Morgan fingerprint density at radius 2 is 1.78 bits per heavy atom. The maximum absolute atomic E-state index is 11.8. The Morgan fingerprint density at radius 3 is 2.33 bits per heavy atom. The summed E-state index contributed by atoms with van der Waals surface area (Å²) in [6, 6.07) is 7.41. The predicted molar refractivity (Wildman–Crippen MR) is 76.1 cm³/mol. The van der Waals surface area contributed by atoms with Crippen LogP contribution in [0.3, 0.4) is 0 Å². The number of nitrogens with two attached hydrogens (primary N) is 1. The van der Waals surface area contributed by atoms with E-state index in [1.165, 1.54) is 0 Å². The van der Waals surface area contributed by atoms with E-state index in [2.05, 4.69) is 0 Å². The Balaban J connectivity index is 2.50. The minimum Gasteiger partial charge on any atom is -0.399 e. The van der Waals surface area contributed by atoms with Gasteiger partial charge in [-0.15, -0.1) is 0 Å². The van der Waals surface area contributed by atoms with Gasteiger partial charge in [0.25, 0.3) is 0 Å². The van der Waals surface area contributed by atoms with E-state index in [4.69, 9.17) is 5.73 Å². The molecule has 0 heterocycles. The van der Waals surface area contributed by atoms with Gasteiger partial charge in [0.15, 0.2) is 0 Å². The summed E-state index contributed by atoms with van der Waals surface area (Å²) < 4.78 is 0. The predicted octanol–water partition coefficient (Wildman–Crippen LogP) is 1.30. The lowest BCUT2D eigenvalue weighted by atomic mass is 10.2. The Kier molecular flexibility index (Phi) is 5.39. The van der Waals surface area contributed by atoms with Crippen molar-refractivity contribution < 1.29 is 4.79 Å². The number of hydrogen-bond donors (Lipinski definition) is 1. The number of nitrogen functional groups attached to an aromatic ring is 1. The molecule has 0 aromatic heterocycles. The SMILES string of the molecule is CN(C)CCN(C)C(=O)/C=C/c1ccc(N)cc1. The lowest BCUT2D eigenvalue weighted by Crippen LogP contribution is -2.32. The average Bonchev–Trinajstić information content (AvgIpc) is 2.34. The van der Waals surface area contributed by atoms with Crippen LogP contribution in [-0.2, 0) is 4.79 Å². The fourth-order valence-corrected chi connectivity index (χ4v) is 1.36. The van der Waals surface area contributed by atoms with Crippen molar-refractivity contribution in [2.45, 2.75) is 0 Å². The van der Waals surface area contributed by atoms with E-state index in [0.717, 1.165) is 24.3 Å². The number of anilines is 1. The highest BCUT2D eigenvalue weighted by atomic mass is 16.2. The van der Waals surface area contributed by atoms with Crippen molar-refractivity contribution >= 4 is 17.7 Å². The molecule has 0 aliphatic rings. The van der Waals surface area contributed by atoms with Crippen LogP contribution in [0, 0.1) is 0 Å². The summed E-state index contributed by atoms with van der Waals surface area (Å²) in [4.78, 5) is 15.5. The molecule has 0 aliphatic carbocycles. The first kappa shape index (κ1) is 14.3. The summed E-state index contributed by atoms with van der Waals surface area (Å²) in [6.45, 7) is 1.58. The number of amides is 1. The van der Waals surface area contributed by atoms with Gasteiger partial charge in [0.05, 0.1) is 0 Å². The Morgan fingerprint density at radius 1 is 1.17 bits per heavy atom. The smallest absolute Gasteiger partial charge is 0.246 e. The van der Waals surface area contributed by atoms with E-state index in [9.17, 15) is 4.79 Å². The standard InChI is InChI=1S/C14H21N3O/c1-16(2)10-11-17(3)14(18)9-6-12-4-7-13(15)8-5-12/h4-9H,10-11,15H2,1-3H3/b9-6+. The second kappa shape index (κ2) is 6.81. The largest absolute Gasteiger partial charge is 0.399 e. The molecule has 0 fully saturated rings. The van der Waals surface area contributed by atoms with Crippen LogP contribution in [0.5, 0.6) is 0 Å². The van der Waals surface area contributed by atoms with Crippen LogP contribution in [0.15, 0.2) is 30.3 Å². The molecule has 0 radical (unpaired) electrons. The first-order valence-electron chi connectivity index (χ1n) is 5.92. The van der Waals surface area contributed by atoms with Crippen molar-refractivity contribution in [1.29, 1.82) is 0 Å². The zero-order valence-electron chi connectivity index (χ0n) is 11.3. The molecule has 1 amide bonds. The highest BCUT2D eigenvalue weighted by molar-refractivity contribution is 5.91. The van der Waals surface area contributed by atoms with Gasteiger partial charge in [0.1, 0.15) is 0 Å². The number of carbonyl (C=O) groups excluding carboxylic acids is 1. The van der Waals surface area contributed by atoms with Crippen molar-refractivity contribution in [3.8, 4) is 0 Å². The van der Waals surface area contributed by atoms with Gasteiger partial charge in [-0.2, -0.15) is 0 Å². The second-order valence-electron chi connectivity index (χ2n) is 4.56. The van der Waals surface area contributed by atoms with Crippen molar-refractivity contribution in [2.24, 2.45) is 0 Å². The fraction of sp³-hybridized carbons (Fsp3) is 0.357. The Hall–Kier alpha value is -1.81. The van der Waals surface area contributed by atoms with Crippen molar-refractivity contribution in [2.75, 3.05) is 40.0 Å². The van der Waals surface area contributed by atoms with Crippen molar-refractivity contribution in [3.05, 3.63) is 35.9 Å². The quantitative estimate of drug-likeness (QED) is 0.630. The van der Waals surface area contributed by atoms with Crippen LogP contribution >= 0.6 is 0 Å². The molecule has 1 aromatic carbocycles. The molecule has 1 aromatic rings. The van der Waals surface area contributed by atoms with Crippen LogP contribution in [-0.4, -0.2) is 49.9 Å². The summed E-state index contributed by atoms with van der Waals surface area (Å²) in [5.41, 5.74) is 7.29. The van der Waals surface area contributed by atoms with Gasteiger partial charge in [0.2, 0.25) is 5.91 Å². The van der Waals surface area contributed by atoms with Gasteiger partial charge in [-0.3, -0.25) is 4.79 Å².